The minimum absolute atomic E-state index is 0.0458. The second-order valence-corrected chi connectivity index (χ2v) is 4.23. The number of amides is 1. The van der Waals surface area contributed by atoms with E-state index in [1.54, 1.807) is 12.1 Å². The molecular weight excluding hydrogens is 255 g/mol. The summed E-state index contributed by atoms with van der Waals surface area (Å²) < 4.78 is 35.3. The third kappa shape index (κ3) is 4.99. The number of benzene rings is 1. The second kappa shape index (κ2) is 5.81. The third-order valence-electron chi connectivity index (χ3n) is 1.80. The molecule has 0 aliphatic carbocycles. The van der Waals surface area contributed by atoms with Crippen LogP contribution in [0.25, 0.3) is 0 Å². The van der Waals surface area contributed by atoms with E-state index >= 15 is 0 Å². The molecule has 7 heteroatoms. The number of carbonyl (C=O) groups is 1. The van der Waals surface area contributed by atoms with Crippen LogP contribution in [0.1, 0.15) is 10.4 Å². The Morgan fingerprint density at radius 2 is 2.00 bits per heavy atom. The fourth-order valence-electron chi connectivity index (χ4n) is 1.09. The zero-order chi connectivity index (χ0) is 12.9. The molecule has 0 saturated heterocycles. The summed E-state index contributed by atoms with van der Waals surface area (Å²) in [5.41, 5.74) is -4.25. The van der Waals surface area contributed by atoms with Gasteiger partial charge in [0, 0.05) is 12.3 Å². The average molecular weight is 265 g/mol. The van der Waals surface area contributed by atoms with Gasteiger partial charge in [-0.1, -0.05) is 12.1 Å². The highest BCUT2D eigenvalue weighted by Crippen LogP contribution is 2.29. The van der Waals surface area contributed by atoms with Gasteiger partial charge in [0.15, 0.2) is 0 Å². The van der Waals surface area contributed by atoms with Crippen molar-refractivity contribution in [2.24, 2.45) is 0 Å². The number of nitrogens with one attached hydrogen (secondary N) is 1. The van der Waals surface area contributed by atoms with Gasteiger partial charge in [-0.25, -0.2) is 0 Å². The molecule has 17 heavy (non-hydrogen) atoms. The number of hydrogen-bond acceptors (Lipinski definition) is 3. The first-order valence-corrected chi connectivity index (χ1v) is 5.65. The Balaban J connectivity index is 2.39. The Morgan fingerprint density at radius 3 is 2.59 bits per heavy atom. The zero-order valence-corrected chi connectivity index (χ0v) is 9.44. The van der Waals surface area contributed by atoms with E-state index in [-0.39, 0.29) is 35.4 Å². The number of phenols is 1. The largest absolute Gasteiger partial charge is 0.507 e. The minimum Gasteiger partial charge on any atom is -0.507 e. The van der Waals surface area contributed by atoms with E-state index in [9.17, 15) is 23.1 Å². The normalized spacial score (nSPS) is 11.2. The lowest BCUT2D eigenvalue weighted by molar-refractivity contribution is -0.0327. The van der Waals surface area contributed by atoms with Gasteiger partial charge >= 0.3 is 5.51 Å². The summed E-state index contributed by atoms with van der Waals surface area (Å²) in [6.45, 7) is -0.114. The number of halogens is 3. The van der Waals surface area contributed by atoms with Crippen molar-refractivity contribution in [2.75, 3.05) is 12.3 Å². The van der Waals surface area contributed by atoms with Gasteiger partial charge in [0.05, 0.1) is 5.56 Å². The number of alkyl halides is 3. The maximum Gasteiger partial charge on any atom is 0.441 e. The molecule has 0 aliphatic heterocycles. The molecule has 0 fully saturated rings. The molecule has 1 aromatic rings. The Bertz CT molecular complexity index is 395. The topological polar surface area (TPSA) is 49.3 Å². The molecule has 0 aromatic heterocycles. The molecule has 94 valence electrons. The molecule has 2 N–H and O–H groups in total. The highest BCUT2D eigenvalue weighted by Gasteiger charge is 2.27. The van der Waals surface area contributed by atoms with E-state index < -0.39 is 11.4 Å². The molecule has 0 saturated carbocycles. The van der Waals surface area contributed by atoms with Gasteiger partial charge in [0.1, 0.15) is 5.75 Å². The van der Waals surface area contributed by atoms with E-state index in [4.69, 9.17) is 0 Å². The van der Waals surface area contributed by atoms with E-state index in [2.05, 4.69) is 5.32 Å². The number of thioether (sulfide) groups is 1. The molecule has 0 spiro atoms. The number of phenolic OH excluding ortho intramolecular Hbond substituents is 1. The summed E-state index contributed by atoms with van der Waals surface area (Å²) >= 11 is -0.202. The van der Waals surface area contributed by atoms with Gasteiger partial charge in [-0.3, -0.25) is 4.79 Å². The van der Waals surface area contributed by atoms with Crippen molar-refractivity contribution < 1.29 is 23.1 Å². The monoisotopic (exact) mass is 265 g/mol. The van der Waals surface area contributed by atoms with Crippen LogP contribution in [0.5, 0.6) is 5.75 Å². The van der Waals surface area contributed by atoms with E-state index in [1.807, 2.05) is 0 Å². The van der Waals surface area contributed by atoms with E-state index in [0.29, 0.717) is 0 Å². The molecule has 1 amide bonds. The summed E-state index contributed by atoms with van der Waals surface area (Å²) in [6, 6.07) is 5.83. The molecule has 0 unspecified atom stereocenters. The molecule has 0 bridgehead atoms. The molecule has 3 nitrogen and oxygen atoms in total. The first-order valence-electron chi connectivity index (χ1n) is 4.67. The standard InChI is InChI=1S/C10H10F3NO2S/c11-10(12,13)17-6-5-14-9(16)7-3-1-2-4-8(7)15/h1-4,15H,5-6H2,(H,14,16). The predicted molar refractivity (Wildman–Crippen MR) is 59.0 cm³/mol. The lowest BCUT2D eigenvalue weighted by Gasteiger charge is -2.07. The Kier molecular flexibility index (Phi) is 4.68. The molecule has 0 atom stereocenters. The summed E-state index contributed by atoms with van der Waals surface area (Å²) in [5.74, 6) is -1.05. The third-order valence-corrected chi connectivity index (χ3v) is 2.54. The van der Waals surface area contributed by atoms with Crippen LogP contribution in [-0.2, 0) is 0 Å². The van der Waals surface area contributed by atoms with Crippen LogP contribution in [0.15, 0.2) is 24.3 Å². The molecule has 1 aromatic carbocycles. The maximum absolute atomic E-state index is 11.8. The molecule has 1 rings (SSSR count). The first kappa shape index (κ1) is 13.7. The van der Waals surface area contributed by atoms with Gasteiger partial charge in [-0.15, -0.1) is 0 Å². The number of hydrogen-bond donors (Lipinski definition) is 2. The van der Waals surface area contributed by atoms with Crippen molar-refractivity contribution in [1.29, 1.82) is 0 Å². The number of para-hydroxylation sites is 1. The second-order valence-electron chi connectivity index (χ2n) is 3.07. The number of rotatable bonds is 4. The number of aromatic hydroxyl groups is 1. The zero-order valence-electron chi connectivity index (χ0n) is 8.62. The number of carbonyl (C=O) groups excluding carboxylic acids is 1. The van der Waals surface area contributed by atoms with Crippen molar-refractivity contribution in [3.05, 3.63) is 29.8 Å². The van der Waals surface area contributed by atoms with Crippen LogP contribution in [0.4, 0.5) is 13.2 Å². The van der Waals surface area contributed by atoms with Crippen molar-refractivity contribution in [1.82, 2.24) is 5.32 Å². The van der Waals surface area contributed by atoms with Gasteiger partial charge in [-0.05, 0) is 23.9 Å². The highest BCUT2D eigenvalue weighted by molar-refractivity contribution is 8.00. The maximum atomic E-state index is 11.8. The summed E-state index contributed by atoms with van der Waals surface area (Å²) in [5, 5.41) is 11.6. The molecular formula is C10H10F3NO2S. The minimum atomic E-state index is -4.29. The van der Waals surface area contributed by atoms with Crippen molar-refractivity contribution >= 4 is 17.7 Å². The van der Waals surface area contributed by atoms with Gasteiger partial charge in [-0.2, -0.15) is 13.2 Å². The lowest BCUT2D eigenvalue weighted by Crippen LogP contribution is -2.26. The van der Waals surface area contributed by atoms with Gasteiger partial charge in [0.2, 0.25) is 0 Å². The SMILES string of the molecule is O=C(NCCSC(F)(F)F)c1ccccc1O. The smallest absolute Gasteiger partial charge is 0.441 e. The van der Waals surface area contributed by atoms with Crippen molar-refractivity contribution in [3.63, 3.8) is 0 Å². The summed E-state index contributed by atoms with van der Waals surface area (Å²) in [4.78, 5) is 11.4. The van der Waals surface area contributed by atoms with Crippen LogP contribution in [-0.4, -0.2) is 28.8 Å². The molecule has 0 aliphatic rings. The van der Waals surface area contributed by atoms with Crippen LogP contribution >= 0.6 is 11.8 Å². The van der Waals surface area contributed by atoms with Gasteiger partial charge < -0.3 is 10.4 Å². The summed E-state index contributed by atoms with van der Waals surface area (Å²) in [6.07, 6.45) is 0. The first-order chi connectivity index (χ1) is 7.90. The Labute approximate surface area is 100 Å². The fourth-order valence-corrected chi connectivity index (χ4v) is 1.53. The van der Waals surface area contributed by atoms with E-state index in [0.717, 1.165) is 0 Å². The predicted octanol–water partition coefficient (Wildman–Crippen LogP) is 2.38. The Hall–Kier alpha value is -1.37. The van der Waals surface area contributed by atoms with Crippen LogP contribution in [0, 0.1) is 0 Å². The van der Waals surface area contributed by atoms with Crippen molar-refractivity contribution in [2.45, 2.75) is 5.51 Å². The highest BCUT2D eigenvalue weighted by atomic mass is 32.2. The lowest BCUT2D eigenvalue weighted by atomic mass is 10.2. The average Bonchev–Trinajstić information content (AvgIpc) is 2.23. The van der Waals surface area contributed by atoms with E-state index in [1.165, 1.54) is 12.1 Å². The fraction of sp³-hybridized carbons (Fsp3) is 0.300. The van der Waals surface area contributed by atoms with Crippen LogP contribution in [0.2, 0.25) is 0 Å². The van der Waals surface area contributed by atoms with Crippen LogP contribution < -0.4 is 5.32 Å². The quantitative estimate of drug-likeness (QED) is 0.822. The Morgan fingerprint density at radius 1 is 1.35 bits per heavy atom. The van der Waals surface area contributed by atoms with Crippen molar-refractivity contribution in [3.8, 4) is 5.75 Å². The van der Waals surface area contributed by atoms with Gasteiger partial charge in [0.25, 0.3) is 5.91 Å². The molecule has 0 heterocycles. The molecule has 0 radical (unpaired) electrons. The van der Waals surface area contributed by atoms with Crippen LogP contribution in [0.3, 0.4) is 0 Å². The summed E-state index contributed by atoms with van der Waals surface area (Å²) in [7, 11) is 0.